The predicted molar refractivity (Wildman–Crippen MR) is 96.5 cm³/mol. The van der Waals surface area contributed by atoms with Crippen LogP contribution in [0.25, 0.3) is 0 Å². The zero-order valence-electron chi connectivity index (χ0n) is 14.7. The van der Waals surface area contributed by atoms with Crippen molar-refractivity contribution in [3.63, 3.8) is 0 Å². The summed E-state index contributed by atoms with van der Waals surface area (Å²) in [5.41, 5.74) is 0.635. The van der Waals surface area contributed by atoms with Gasteiger partial charge in [0.05, 0.1) is 13.2 Å². The van der Waals surface area contributed by atoms with Crippen LogP contribution in [-0.2, 0) is 14.3 Å². The first-order valence-corrected chi connectivity index (χ1v) is 8.96. The number of aliphatic hydroxyl groups excluding tert-OH is 1. The molecule has 0 spiro atoms. The van der Waals surface area contributed by atoms with Crippen LogP contribution < -0.4 is 0 Å². The second kappa shape index (κ2) is 10.0. The fraction of sp³-hybridized carbons (Fsp3) is 0.524. The standard InChI is InChI=1S/C21H26O4/c1-25-21(24)11-5-3-2-4-10-18-16(13-15-20(18)23)12-14-19(22)17-8-6-7-9-17/h10,12-17,19,22H,3,5-9,11H2,1H3. The highest BCUT2D eigenvalue weighted by molar-refractivity contribution is 6.07. The van der Waals surface area contributed by atoms with Gasteiger partial charge in [-0.05, 0) is 37.3 Å². The van der Waals surface area contributed by atoms with E-state index in [0.717, 1.165) is 12.8 Å². The van der Waals surface area contributed by atoms with E-state index in [-0.39, 0.29) is 17.7 Å². The fourth-order valence-corrected chi connectivity index (χ4v) is 3.20. The van der Waals surface area contributed by atoms with Crippen molar-refractivity contribution in [2.45, 2.75) is 51.0 Å². The lowest BCUT2D eigenvalue weighted by Gasteiger charge is -2.14. The van der Waals surface area contributed by atoms with Gasteiger partial charge in [-0.3, -0.25) is 9.59 Å². The Labute approximate surface area is 149 Å². The minimum absolute atomic E-state index is 0.0335. The number of ether oxygens (including phenoxy) is 1. The van der Waals surface area contributed by atoms with Crippen molar-refractivity contribution in [2.75, 3.05) is 7.11 Å². The molecular formula is C21H26O4. The smallest absolute Gasteiger partial charge is 0.305 e. The number of hydrogen-bond acceptors (Lipinski definition) is 4. The predicted octanol–water partition coefficient (Wildman–Crippen LogP) is 3.12. The van der Waals surface area contributed by atoms with Crippen LogP contribution in [0.5, 0.6) is 0 Å². The molecule has 2 aliphatic carbocycles. The summed E-state index contributed by atoms with van der Waals surface area (Å²) in [6.45, 7) is 0. The molecule has 1 saturated carbocycles. The van der Waals surface area contributed by atoms with Crippen LogP contribution in [0.15, 0.2) is 36.0 Å². The van der Waals surface area contributed by atoms with Gasteiger partial charge in [-0.2, -0.15) is 0 Å². The summed E-state index contributed by atoms with van der Waals surface area (Å²) in [6, 6.07) is 0. The lowest BCUT2D eigenvalue weighted by molar-refractivity contribution is -0.140. The molecule has 0 aromatic rings. The topological polar surface area (TPSA) is 63.6 Å². The number of esters is 1. The van der Waals surface area contributed by atoms with Crippen molar-refractivity contribution >= 4 is 11.8 Å². The Kier molecular flexibility index (Phi) is 7.69. The molecule has 1 fully saturated rings. The van der Waals surface area contributed by atoms with E-state index in [0.29, 0.717) is 30.8 Å². The number of aliphatic hydroxyl groups is 1. The van der Waals surface area contributed by atoms with E-state index in [9.17, 15) is 14.7 Å². The van der Waals surface area contributed by atoms with Crippen LogP contribution in [0.4, 0.5) is 0 Å². The van der Waals surface area contributed by atoms with E-state index in [1.165, 1.54) is 20.0 Å². The third-order valence-corrected chi connectivity index (χ3v) is 4.74. The molecule has 1 N–H and O–H groups in total. The Morgan fingerprint density at radius 1 is 1.44 bits per heavy atom. The van der Waals surface area contributed by atoms with Gasteiger partial charge in [0.2, 0.25) is 0 Å². The average molecular weight is 342 g/mol. The van der Waals surface area contributed by atoms with E-state index in [2.05, 4.69) is 16.6 Å². The lowest BCUT2D eigenvalue weighted by atomic mass is 9.96. The Balaban J connectivity index is 1.87. The van der Waals surface area contributed by atoms with Crippen molar-refractivity contribution in [1.29, 1.82) is 0 Å². The molecule has 2 unspecified atom stereocenters. The highest BCUT2D eigenvalue weighted by Crippen LogP contribution is 2.29. The molecule has 0 amide bonds. The van der Waals surface area contributed by atoms with Gasteiger partial charge >= 0.3 is 5.97 Å². The van der Waals surface area contributed by atoms with Crippen LogP contribution in [0.2, 0.25) is 0 Å². The van der Waals surface area contributed by atoms with Crippen LogP contribution in [0, 0.1) is 23.7 Å². The van der Waals surface area contributed by atoms with Crippen molar-refractivity contribution in [1.82, 2.24) is 0 Å². The van der Waals surface area contributed by atoms with Gasteiger partial charge in [0, 0.05) is 24.3 Å². The zero-order chi connectivity index (χ0) is 18.1. The first-order valence-electron chi connectivity index (χ1n) is 8.96. The molecule has 0 aromatic carbocycles. The van der Waals surface area contributed by atoms with Crippen molar-refractivity contribution in [3.8, 4) is 11.8 Å². The third kappa shape index (κ3) is 6.03. The Morgan fingerprint density at radius 2 is 2.20 bits per heavy atom. The first-order chi connectivity index (χ1) is 12.1. The minimum atomic E-state index is -0.433. The van der Waals surface area contributed by atoms with Gasteiger partial charge in [-0.25, -0.2) is 0 Å². The summed E-state index contributed by atoms with van der Waals surface area (Å²) in [4.78, 5) is 23.0. The molecule has 0 saturated heterocycles. The number of hydrogen-bond donors (Lipinski definition) is 1. The Hall–Kier alpha value is -2.12. The summed E-state index contributed by atoms with van der Waals surface area (Å²) < 4.78 is 4.57. The van der Waals surface area contributed by atoms with Crippen molar-refractivity contribution < 1.29 is 19.4 Å². The van der Waals surface area contributed by atoms with Crippen LogP contribution in [-0.4, -0.2) is 30.1 Å². The van der Waals surface area contributed by atoms with Gasteiger partial charge in [-0.15, -0.1) is 0 Å². The molecule has 0 heterocycles. The maximum absolute atomic E-state index is 12.0. The molecule has 0 bridgehead atoms. The maximum Gasteiger partial charge on any atom is 0.305 e. The van der Waals surface area contributed by atoms with Crippen molar-refractivity contribution in [2.24, 2.45) is 11.8 Å². The molecule has 25 heavy (non-hydrogen) atoms. The minimum Gasteiger partial charge on any atom is -0.469 e. The largest absolute Gasteiger partial charge is 0.469 e. The van der Waals surface area contributed by atoms with E-state index in [1.54, 1.807) is 12.2 Å². The number of allylic oxidation sites excluding steroid dienone is 5. The van der Waals surface area contributed by atoms with E-state index >= 15 is 0 Å². The highest BCUT2D eigenvalue weighted by atomic mass is 16.5. The van der Waals surface area contributed by atoms with Gasteiger partial charge in [0.25, 0.3) is 0 Å². The van der Waals surface area contributed by atoms with Crippen molar-refractivity contribution in [3.05, 3.63) is 36.0 Å². The molecule has 0 aromatic heterocycles. The van der Waals surface area contributed by atoms with Crippen LogP contribution in [0.3, 0.4) is 0 Å². The number of carbonyl (C=O) groups excluding carboxylic acids is 2. The molecule has 0 aliphatic heterocycles. The zero-order valence-corrected chi connectivity index (χ0v) is 14.7. The highest BCUT2D eigenvalue weighted by Gasteiger charge is 2.23. The number of ketones is 1. The molecule has 0 radical (unpaired) electrons. The number of rotatable bonds is 6. The molecular weight excluding hydrogens is 316 g/mol. The summed E-state index contributed by atoms with van der Waals surface area (Å²) in [6.07, 6.45) is 14.4. The van der Waals surface area contributed by atoms with E-state index < -0.39 is 6.10 Å². The summed E-state index contributed by atoms with van der Waals surface area (Å²) in [5, 5.41) is 10.2. The Morgan fingerprint density at radius 3 is 2.92 bits per heavy atom. The quantitative estimate of drug-likeness (QED) is 0.265. The van der Waals surface area contributed by atoms with Gasteiger partial charge < -0.3 is 9.84 Å². The second-order valence-electron chi connectivity index (χ2n) is 6.52. The maximum atomic E-state index is 12.0. The van der Waals surface area contributed by atoms with E-state index in [1.807, 2.05) is 18.2 Å². The first kappa shape index (κ1) is 19.2. The molecule has 4 heteroatoms. The molecule has 2 rings (SSSR count). The summed E-state index contributed by atoms with van der Waals surface area (Å²) in [5.74, 6) is 5.82. The van der Waals surface area contributed by atoms with Crippen LogP contribution in [0.1, 0.15) is 44.9 Å². The van der Waals surface area contributed by atoms with Gasteiger partial charge in [0.15, 0.2) is 5.78 Å². The monoisotopic (exact) mass is 342 g/mol. The average Bonchev–Trinajstić information content (AvgIpc) is 3.26. The summed E-state index contributed by atoms with van der Waals surface area (Å²) >= 11 is 0. The number of unbranched alkanes of at least 4 members (excludes halogenated alkanes) is 1. The molecule has 4 nitrogen and oxygen atoms in total. The SMILES string of the molecule is COC(=O)CCCC#CC=C1C(=O)C=CC1C=CC(O)C1CCCC1. The lowest BCUT2D eigenvalue weighted by Crippen LogP contribution is -2.14. The summed E-state index contributed by atoms with van der Waals surface area (Å²) in [7, 11) is 1.37. The Bertz CT molecular complexity index is 624. The molecule has 2 atom stereocenters. The van der Waals surface area contributed by atoms with Gasteiger partial charge in [0.1, 0.15) is 0 Å². The number of methoxy groups -OCH3 is 1. The van der Waals surface area contributed by atoms with Crippen LogP contribution >= 0.6 is 0 Å². The number of carbonyl (C=O) groups is 2. The van der Waals surface area contributed by atoms with E-state index in [4.69, 9.17) is 0 Å². The molecule has 2 aliphatic rings. The second-order valence-corrected chi connectivity index (χ2v) is 6.52. The third-order valence-electron chi connectivity index (χ3n) is 4.74. The molecule has 134 valence electrons. The fourth-order valence-electron chi connectivity index (χ4n) is 3.20. The normalized spacial score (nSPS) is 23.2. The van der Waals surface area contributed by atoms with Gasteiger partial charge in [-0.1, -0.05) is 42.9 Å².